The summed E-state index contributed by atoms with van der Waals surface area (Å²) in [6.45, 7) is 5.30. The normalized spacial score (nSPS) is 13.3. The molecule has 2 rings (SSSR count). The first kappa shape index (κ1) is 10.2. The van der Waals surface area contributed by atoms with Crippen molar-refractivity contribution >= 4 is 10.9 Å². The van der Waals surface area contributed by atoms with E-state index in [0.29, 0.717) is 0 Å². The van der Waals surface area contributed by atoms with Crippen molar-refractivity contribution in [2.45, 2.75) is 32.9 Å². The molecule has 2 nitrogen and oxygen atoms in total. The first-order chi connectivity index (χ1) is 7.24. The van der Waals surface area contributed by atoms with E-state index < -0.39 is 0 Å². The number of aromatic nitrogens is 1. The molecule has 15 heavy (non-hydrogen) atoms. The van der Waals surface area contributed by atoms with Gasteiger partial charge in [-0.3, -0.25) is 0 Å². The van der Waals surface area contributed by atoms with E-state index >= 15 is 0 Å². The molecule has 0 amide bonds. The van der Waals surface area contributed by atoms with Crippen molar-refractivity contribution in [3.63, 3.8) is 0 Å². The van der Waals surface area contributed by atoms with Gasteiger partial charge in [-0.2, -0.15) is 0 Å². The number of hydrogen-bond donors (Lipinski definition) is 1. The third-order valence-corrected chi connectivity index (χ3v) is 2.80. The quantitative estimate of drug-likeness (QED) is 0.814. The fraction of sp³-hybridized carbons (Fsp3) is 0.385. The zero-order valence-corrected chi connectivity index (χ0v) is 9.40. The summed E-state index contributed by atoms with van der Waals surface area (Å²) in [6, 6.07) is 8.64. The van der Waals surface area contributed by atoms with Gasteiger partial charge in [0.25, 0.3) is 0 Å². The van der Waals surface area contributed by atoms with Crippen molar-refractivity contribution < 1.29 is 0 Å². The SMILES string of the molecule is CCCn1ccc2c(C(C)N)cccc21. The topological polar surface area (TPSA) is 30.9 Å². The largest absolute Gasteiger partial charge is 0.347 e. The van der Waals surface area contributed by atoms with Crippen molar-refractivity contribution in [2.75, 3.05) is 0 Å². The first-order valence-corrected chi connectivity index (χ1v) is 5.57. The minimum atomic E-state index is 0.103. The molecule has 1 atom stereocenters. The van der Waals surface area contributed by atoms with Gasteiger partial charge in [0.2, 0.25) is 0 Å². The summed E-state index contributed by atoms with van der Waals surface area (Å²) in [7, 11) is 0. The molecule has 0 aliphatic carbocycles. The molecule has 0 spiro atoms. The van der Waals surface area contributed by atoms with E-state index in [-0.39, 0.29) is 6.04 Å². The highest BCUT2D eigenvalue weighted by molar-refractivity contribution is 5.84. The molecule has 0 saturated heterocycles. The minimum Gasteiger partial charge on any atom is -0.347 e. The molecule has 0 radical (unpaired) electrons. The van der Waals surface area contributed by atoms with E-state index in [1.165, 1.54) is 16.5 Å². The molecule has 1 aromatic carbocycles. The van der Waals surface area contributed by atoms with Crippen LogP contribution in [0.15, 0.2) is 30.5 Å². The van der Waals surface area contributed by atoms with Crippen LogP contribution in [0, 0.1) is 0 Å². The summed E-state index contributed by atoms with van der Waals surface area (Å²) >= 11 is 0. The van der Waals surface area contributed by atoms with E-state index in [9.17, 15) is 0 Å². The molecule has 2 heteroatoms. The molecule has 80 valence electrons. The second-order valence-electron chi connectivity index (χ2n) is 4.08. The third kappa shape index (κ3) is 1.77. The Bertz CT molecular complexity index is 455. The first-order valence-electron chi connectivity index (χ1n) is 5.57. The van der Waals surface area contributed by atoms with Crippen molar-refractivity contribution in [3.05, 3.63) is 36.0 Å². The van der Waals surface area contributed by atoms with E-state index in [0.717, 1.165) is 13.0 Å². The van der Waals surface area contributed by atoms with E-state index in [1.54, 1.807) is 0 Å². The van der Waals surface area contributed by atoms with Crippen molar-refractivity contribution in [1.82, 2.24) is 4.57 Å². The lowest BCUT2D eigenvalue weighted by Crippen LogP contribution is -2.05. The maximum Gasteiger partial charge on any atom is 0.0483 e. The molecule has 0 aliphatic heterocycles. The predicted molar refractivity (Wildman–Crippen MR) is 64.8 cm³/mol. The van der Waals surface area contributed by atoms with Crippen LogP contribution in [0.3, 0.4) is 0 Å². The van der Waals surface area contributed by atoms with Gasteiger partial charge in [-0.25, -0.2) is 0 Å². The van der Waals surface area contributed by atoms with Gasteiger partial charge < -0.3 is 10.3 Å². The maximum atomic E-state index is 5.95. The van der Waals surface area contributed by atoms with Gasteiger partial charge >= 0.3 is 0 Å². The summed E-state index contributed by atoms with van der Waals surface area (Å²) in [5.41, 5.74) is 8.49. The number of benzene rings is 1. The number of fused-ring (bicyclic) bond motifs is 1. The van der Waals surface area contributed by atoms with Gasteiger partial charge in [0.15, 0.2) is 0 Å². The van der Waals surface area contributed by atoms with E-state index in [4.69, 9.17) is 5.73 Å². The van der Waals surface area contributed by atoms with Crippen LogP contribution in [0.4, 0.5) is 0 Å². The smallest absolute Gasteiger partial charge is 0.0483 e. The molecule has 0 fully saturated rings. The van der Waals surface area contributed by atoms with Crippen LogP contribution in [-0.4, -0.2) is 4.57 Å². The minimum absolute atomic E-state index is 0.103. The van der Waals surface area contributed by atoms with Crippen LogP contribution >= 0.6 is 0 Å². The molecule has 0 aliphatic rings. The number of aryl methyl sites for hydroxylation is 1. The Morgan fingerprint density at radius 3 is 2.80 bits per heavy atom. The van der Waals surface area contributed by atoms with Crippen LogP contribution in [0.5, 0.6) is 0 Å². The average Bonchev–Trinajstić information content (AvgIpc) is 2.62. The molecular weight excluding hydrogens is 184 g/mol. The Hall–Kier alpha value is -1.28. The van der Waals surface area contributed by atoms with Gasteiger partial charge in [-0.05, 0) is 31.0 Å². The lowest BCUT2D eigenvalue weighted by Gasteiger charge is -2.08. The lowest BCUT2D eigenvalue weighted by atomic mass is 10.0. The van der Waals surface area contributed by atoms with Crippen LogP contribution in [0.2, 0.25) is 0 Å². The standard InChI is InChI=1S/C13H18N2/c1-3-8-15-9-7-12-11(10(2)14)5-4-6-13(12)15/h4-7,9-10H,3,8,14H2,1-2H3. The predicted octanol–water partition coefficient (Wildman–Crippen LogP) is 3.07. The van der Waals surface area contributed by atoms with Crippen LogP contribution < -0.4 is 5.73 Å². The zero-order chi connectivity index (χ0) is 10.8. The van der Waals surface area contributed by atoms with Crippen molar-refractivity contribution in [1.29, 1.82) is 0 Å². The van der Waals surface area contributed by atoms with Crippen molar-refractivity contribution in [2.24, 2.45) is 5.73 Å². The third-order valence-electron chi connectivity index (χ3n) is 2.80. The Morgan fingerprint density at radius 1 is 1.33 bits per heavy atom. The average molecular weight is 202 g/mol. The number of rotatable bonds is 3. The van der Waals surface area contributed by atoms with Gasteiger partial charge in [0.1, 0.15) is 0 Å². The summed E-state index contributed by atoms with van der Waals surface area (Å²) in [6.07, 6.45) is 3.31. The van der Waals surface area contributed by atoms with E-state index in [2.05, 4.69) is 42.0 Å². The summed E-state index contributed by atoms with van der Waals surface area (Å²) < 4.78 is 2.29. The molecule has 1 unspecified atom stereocenters. The molecular formula is C13H18N2. The molecule has 2 aromatic rings. The Balaban J connectivity index is 2.58. The van der Waals surface area contributed by atoms with Gasteiger partial charge in [0, 0.05) is 29.7 Å². The Labute approximate surface area is 90.7 Å². The molecule has 0 saturated carbocycles. The molecule has 1 aromatic heterocycles. The Morgan fingerprint density at radius 2 is 2.13 bits per heavy atom. The van der Waals surface area contributed by atoms with Crippen LogP contribution in [0.25, 0.3) is 10.9 Å². The fourth-order valence-corrected chi connectivity index (χ4v) is 2.08. The highest BCUT2D eigenvalue weighted by Crippen LogP contribution is 2.24. The number of nitrogens with two attached hydrogens (primary N) is 1. The van der Waals surface area contributed by atoms with Gasteiger partial charge in [-0.15, -0.1) is 0 Å². The molecule has 2 N–H and O–H groups in total. The number of hydrogen-bond acceptors (Lipinski definition) is 1. The summed E-state index contributed by atoms with van der Waals surface area (Å²) in [5.74, 6) is 0. The summed E-state index contributed by atoms with van der Waals surface area (Å²) in [4.78, 5) is 0. The maximum absolute atomic E-state index is 5.95. The van der Waals surface area contributed by atoms with E-state index in [1.807, 2.05) is 6.92 Å². The van der Waals surface area contributed by atoms with Crippen molar-refractivity contribution in [3.8, 4) is 0 Å². The highest BCUT2D eigenvalue weighted by Gasteiger charge is 2.07. The lowest BCUT2D eigenvalue weighted by molar-refractivity contribution is 0.703. The van der Waals surface area contributed by atoms with Crippen LogP contribution in [-0.2, 0) is 6.54 Å². The van der Waals surface area contributed by atoms with Gasteiger partial charge in [0.05, 0.1) is 0 Å². The zero-order valence-electron chi connectivity index (χ0n) is 9.40. The second kappa shape index (κ2) is 4.07. The summed E-state index contributed by atoms with van der Waals surface area (Å²) in [5, 5.41) is 1.29. The van der Waals surface area contributed by atoms with Crippen LogP contribution in [0.1, 0.15) is 31.9 Å². The molecule has 1 heterocycles. The monoisotopic (exact) mass is 202 g/mol. The highest BCUT2D eigenvalue weighted by atomic mass is 14.9. The second-order valence-corrected chi connectivity index (χ2v) is 4.08. The molecule has 0 bridgehead atoms. The fourth-order valence-electron chi connectivity index (χ4n) is 2.08. The number of nitrogens with zero attached hydrogens (tertiary/aromatic N) is 1. The Kier molecular flexibility index (Phi) is 2.78. The van der Waals surface area contributed by atoms with Gasteiger partial charge in [-0.1, -0.05) is 19.1 Å².